The monoisotopic (exact) mass is 524 g/mol. The molecule has 5 aromatic rings. The first kappa shape index (κ1) is 23.4. The summed E-state index contributed by atoms with van der Waals surface area (Å²) >= 11 is 1.91. The first-order valence-electron chi connectivity index (χ1n) is 14.3. The molecule has 0 saturated carbocycles. The molecule has 2 atom stereocenters. The number of ether oxygens (including phenoxy) is 1. The molecule has 4 aromatic carbocycles. The Bertz CT molecular complexity index is 1720. The number of aryl methyl sites for hydroxylation is 1. The van der Waals surface area contributed by atoms with Crippen LogP contribution in [0.2, 0.25) is 0 Å². The van der Waals surface area contributed by atoms with E-state index in [0.717, 1.165) is 38.5 Å². The molecule has 0 spiro atoms. The molecule has 3 aliphatic rings. The summed E-state index contributed by atoms with van der Waals surface area (Å²) in [6, 6.07) is 34.6. The number of thiophene rings is 1. The third-order valence-corrected chi connectivity index (χ3v) is 9.95. The van der Waals surface area contributed by atoms with E-state index in [1.54, 1.807) is 0 Å². The summed E-state index contributed by atoms with van der Waals surface area (Å²) in [6.45, 7) is 2.19. The zero-order valence-electron chi connectivity index (χ0n) is 22.4. The quantitative estimate of drug-likeness (QED) is 0.218. The molecule has 2 unspecified atom stereocenters. The van der Waals surface area contributed by atoms with Gasteiger partial charge in [0, 0.05) is 16.2 Å². The Morgan fingerprint density at radius 2 is 1.36 bits per heavy atom. The fourth-order valence-electron chi connectivity index (χ4n) is 7.06. The Morgan fingerprint density at radius 1 is 0.667 bits per heavy atom. The molecule has 1 saturated heterocycles. The van der Waals surface area contributed by atoms with Crippen molar-refractivity contribution in [3.8, 4) is 22.3 Å². The first-order valence-corrected chi connectivity index (χ1v) is 15.1. The second-order valence-electron chi connectivity index (χ2n) is 11.6. The number of rotatable bonds is 5. The van der Waals surface area contributed by atoms with Crippen LogP contribution in [0.4, 0.5) is 0 Å². The van der Waals surface area contributed by atoms with E-state index in [1.165, 1.54) is 71.0 Å². The zero-order chi connectivity index (χ0) is 25.9. The predicted octanol–water partition coefficient (Wildman–Crippen LogP) is 9.25. The maximum absolute atomic E-state index is 6.66. The smallest absolute Gasteiger partial charge is 0.0829 e. The van der Waals surface area contributed by atoms with Gasteiger partial charge in [0.1, 0.15) is 0 Å². The summed E-state index contributed by atoms with van der Waals surface area (Å²) < 4.78 is 6.66. The number of hydrogen-bond acceptors (Lipinski definition) is 2. The fourth-order valence-corrected chi connectivity index (χ4v) is 7.99. The predicted molar refractivity (Wildman–Crippen MR) is 162 cm³/mol. The third-order valence-electron chi connectivity index (χ3n) is 8.95. The van der Waals surface area contributed by atoms with Gasteiger partial charge in [-0.25, -0.2) is 0 Å². The molecular formula is C37H32OS. The SMILES string of the molecule is Cc1ccc(Cc2ccc3c(c2)Cc2cc(C4CCC(Cc5ccc6c(c5)Cc5ccccc5-6)O4)ccc2-3)s1. The molecule has 1 fully saturated rings. The molecule has 1 nitrogen and oxygen atoms in total. The van der Waals surface area contributed by atoms with Crippen LogP contribution in [0.3, 0.4) is 0 Å². The molecule has 2 heterocycles. The van der Waals surface area contributed by atoms with E-state index < -0.39 is 0 Å². The number of benzene rings is 4. The van der Waals surface area contributed by atoms with Gasteiger partial charge in [0.2, 0.25) is 0 Å². The van der Waals surface area contributed by atoms with Crippen molar-refractivity contribution in [3.05, 3.63) is 140 Å². The first-order chi connectivity index (χ1) is 19.2. The molecule has 2 heteroatoms. The highest BCUT2D eigenvalue weighted by atomic mass is 32.1. The minimum Gasteiger partial charge on any atom is -0.370 e. The number of hydrogen-bond donors (Lipinski definition) is 0. The summed E-state index contributed by atoms with van der Waals surface area (Å²) in [5.41, 5.74) is 15.6. The van der Waals surface area contributed by atoms with Gasteiger partial charge in [-0.3, -0.25) is 0 Å². The van der Waals surface area contributed by atoms with Crippen LogP contribution in [0.1, 0.15) is 67.6 Å². The molecule has 1 aliphatic heterocycles. The van der Waals surface area contributed by atoms with Crippen molar-refractivity contribution in [2.75, 3.05) is 0 Å². The molecule has 0 radical (unpaired) electrons. The molecule has 192 valence electrons. The lowest BCUT2D eigenvalue weighted by atomic mass is 9.98. The number of fused-ring (bicyclic) bond motifs is 6. The Labute approximate surface area is 235 Å². The highest BCUT2D eigenvalue weighted by molar-refractivity contribution is 7.11. The molecule has 0 N–H and O–H groups in total. The molecule has 0 amide bonds. The van der Waals surface area contributed by atoms with Crippen LogP contribution >= 0.6 is 11.3 Å². The van der Waals surface area contributed by atoms with Crippen LogP contribution in [0.15, 0.2) is 91.0 Å². The lowest BCUT2D eigenvalue weighted by Gasteiger charge is -2.16. The highest BCUT2D eigenvalue weighted by Crippen LogP contribution is 2.42. The topological polar surface area (TPSA) is 9.23 Å². The van der Waals surface area contributed by atoms with E-state index in [4.69, 9.17) is 4.74 Å². The summed E-state index contributed by atoms with van der Waals surface area (Å²) in [5, 5.41) is 0. The minimum atomic E-state index is 0.209. The van der Waals surface area contributed by atoms with Gasteiger partial charge in [-0.15, -0.1) is 11.3 Å². The zero-order valence-corrected chi connectivity index (χ0v) is 23.2. The summed E-state index contributed by atoms with van der Waals surface area (Å²) in [6.07, 6.45) is 6.86. The molecule has 2 aliphatic carbocycles. The summed E-state index contributed by atoms with van der Waals surface area (Å²) in [4.78, 5) is 2.84. The Balaban J connectivity index is 0.949. The second kappa shape index (κ2) is 9.33. The molecule has 39 heavy (non-hydrogen) atoms. The maximum atomic E-state index is 6.66. The molecule has 0 bridgehead atoms. The van der Waals surface area contributed by atoms with Crippen LogP contribution in [0.5, 0.6) is 0 Å². The van der Waals surface area contributed by atoms with E-state index in [9.17, 15) is 0 Å². The van der Waals surface area contributed by atoms with Crippen molar-refractivity contribution in [2.24, 2.45) is 0 Å². The molecular weight excluding hydrogens is 492 g/mol. The van der Waals surface area contributed by atoms with Gasteiger partial charge in [0.25, 0.3) is 0 Å². The maximum Gasteiger partial charge on any atom is 0.0829 e. The molecule has 8 rings (SSSR count). The second-order valence-corrected chi connectivity index (χ2v) is 13.0. The van der Waals surface area contributed by atoms with Crippen molar-refractivity contribution in [1.29, 1.82) is 0 Å². The molecule has 1 aromatic heterocycles. The Kier molecular flexibility index (Phi) is 5.60. The summed E-state index contributed by atoms with van der Waals surface area (Å²) in [5.74, 6) is 0. The van der Waals surface area contributed by atoms with Crippen molar-refractivity contribution in [2.45, 2.75) is 57.7 Å². The highest BCUT2D eigenvalue weighted by Gasteiger charge is 2.29. The van der Waals surface area contributed by atoms with E-state index in [0.29, 0.717) is 6.10 Å². The third kappa shape index (κ3) is 4.27. The van der Waals surface area contributed by atoms with Crippen LogP contribution in [-0.4, -0.2) is 6.10 Å². The van der Waals surface area contributed by atoms with Gasteiger partial charge >= 0.3 is 0 Å². The summed E-state index contributed by atoms with van der Waals surface area (Å²) in [7, 11) is 0. The standard InChI is InChI=1S/C37H32OS/c1-23-6-11-32(39-23)19-25-8-13-35-29(17-25)22-30-21-27(9-14-36(30)35)37-15-10-31(38-37)18-24-7-12-34-28(16-24)20-26-4-2-3-5-33(26)34/h2-9,11-14,16-17,21,31,37H,10,15,18-20,22H2,1H3. The average Bonchev–Trinajstić information content (AvgIpc) is 3.73. The van der Waals surface area contributed by atoms with Crippen molar-refractivity contribution in [1.82, 2.24) is 0 Å². The van der Waals surface area contributed by atoms with E-state index in [-0.39, 0.29) is 6.10 Å². The lowest BCUT2D eigenvalue weighted by molar-refractivity contribution is 0.0451. The minimum absolute atomic E-state index is 0.209. The van der Waals surface area contributed by atoms with E-state index in [2.05, 4.69) is 97.9 Å². The Morgan fingerprint density at radius 3 is 2.18 bits per heavy atom. The van der Waals surface area contributed by atoms with Crippen LogP contribution < -0.4 is 0 Å². The van der Waals surface area contributed by atoms with Gasteiger partial charge in [-0.1, -0.05) is 78.9 Å². The normalized spacial score (nSPS) is 18.6. The van der Waals surface area contributed by atoms with Gasteiger partial charge in [0.05, 0.1) is 12.2 Å². The average molecular weight is 525 g/mol. The lowest BCUT2D eigenvalue weighted by Crippen LogP contribution is -2.10. The largest absolute Gasteiger partial charge is 0.370 e. The van der Waals surface area contributed by atoms with Crippen LogP contribution in [-0.2, 0) is 30.4 Å². The van der Waals surface area contributed by atoms with Crippen molar-refractivity contribution < 1.29 is 4.74 Å². The van der Waals surface area contributed by atoms with Crippen molar-refractivity contribution in [3.63, 3.8) is 0 Å². The fraction of sp³-hybridized carbons (Fsp3) is 0.243. The van der Waals surface area contributed by atoms with Crippen molar-refractivity contribution >= 4 is 11.3 Å². The van der Waals surface area contributed by atoms with E-state index >= 15 is 0 Å². The Hall–Kier alpha value is -3.46. The van der Waals surface area contributed by atoms with E-state index in [1.807, 2.05) is 11.3 Å². The van der Waals surface area contributed by atoms with Crippen LogP contribution in [0.25, 0.3) is 22.3 Å². The van der Waals surface area contributed by atoms with Gasteiger partial charge < -0.3 is 4.74 Å². The van der Waals surface area contributed by atoms with Gasteiger partial charge in [0.15, 0.2) is 0 Å². The van der Waals surface area contributed by atoms with Crippen LogP contribution in [0, 0.1) is 6.92 Å². The van der Waals surface area contributed by atoms with Gasteiger partial charge in [-0.05, 0) is 112 Å². The van der Waals surface area contributed by atoms with Gasteiger partial charge in [-0.2, -0.15) is 0 Å².